The molecule has 2 atom stereocenters. The SMILES string of the molecule is CC1CCC(C)N(C(=O)c2cncc(C#CCCO)c2)C1. The zero-order chi connectivity index (χ0) is 15.2. The van der Waals surface area contributed by atoms with Gasteiger partial charge in [-0.15, -0.1) is 0 Å². The Kier molecular flexibility index (Phi) is 5.35. The molecular formula is C17H22N2O2. The molecule has 2 heterocycles. The maximum atomic E-state index is 12.6. The predicted molar refractivity (Wildman–Crippen MR) is 81.7 cm³/mol. The van der Waals surface area contributed by atoms with Crippen molar-refractivity contribution in [3.8, 4) is 11.8 Å². The summed E-state index contributed by atoms with van der Waals surface area (Å²) in [7, 11) is 0. The molecule has 1 aromatic heterocycles. The number of hydrogen-bond acceptors (Lipinski definition) is 3. The van der Waals surface area contributed by atoms with Gasteiger partial charge in [0.15, 0.2) is 0 Å². The highest BCUT2D eigenvalue weighted by atomic mass is 16.2. The molecular weight excluding hydrogens is 264 g/mol. The molecule has 0 saturated carbocycles. The highest BCUT2D eigenvalue weighted by Crippen LogP contribution is 2.23. The van der Waals surface area contributed by atoms with E-state index in [1.807, 2.05) is 4.90 Å². The average Bonchev–Trinajstić information content (AvgIpc) is 2.49. The highest BCUT2D eigenvalue weighted by molar-refractivity contribution is 5.94. The Morgan fingerprint density at radius 2 is 2.24 bits per heavy atom. The molecule has 0 bridgehead atoms. The average molecular weight is 286 g/mol. The Balaban J connectivity index is 2.15. The first-order valence-corrected chi connectivity index (χ1v) is 7.47. The van der Waals surface area contributed by atoms with Gasteiger partial charge in [-0.05, 0) is 31.7 Å². The number of likely N-dealkylation sites (tertiary alicyclic amines) is 1. The fraction of sp³-hybridized carbons (Fsp3) is 0.529. The van der Waals surface area contributed by atoms with E-state index >= 15 is 0 Å². The van der Waals surface area contributed by atoms with Crippen LogP contribution in [0.3, 0.4) is 0 Å². The molecule has 112 valence electrons. The topological polar surface area (TPSA) is 53.4 Å². The van der Waals surface area contributed by atoms with Gasteiger partial charge in [0.1, 0.15) is 0 Å². The van der Waals surface area contributed by atoms with Crippen LogP contribution in [-0.2, 0) is 0 Å². The fourth-order valence-electron chi connectivity index (χ4n) is 2.58. The standard InChI is InChI=1S/C17H22N2O2/c1-13-6-7-14(2)19(12-13)17(21)16-9-15(10-18-11-16)5-3-4-8-20/h9-11,13-14,20H,4,6-8,12H2,1-2H3. The van der Waals surface area contributed by atoms with Gasteiger partial charge in [0.2, 0.25) is 0 Å². The van der Waals surface area contributed by atoms with Crippen molar-refractivity contribution in [3.63, 3.8) is 0 Å². The smallest absolute Gasteiger partial charge is 0.255 e. The number of aliphatic hydroxyl groups excluding tert-OH is 1. The molecule has 0 spiro atoms. The molecule has 1 amide bonds. The van der Waals surface area contributed by atoms with E-state index in [1.54, 1.807) is 18.5 Å². The maximum absolute atomic E-state index is 12.6. The predicted octanol–water partition coefficient (Wildman–Crippen LogP) is 2.08. The third-order valence-electron chi connectivity index (χ3n) is 3.83. The summed E-state index contributed by atoms with van der Waals surface area (Å²) in [5.74, 6) is 6.35. The fourth-order valence-corrected chi connectivity index (χ4v) is 2.58. The van der Waals surface area contributed by atoms with Gasteiger partial charge >= 0.3 is 0 Å². The van der Waals surface area contributed by atoms with Gasteiger partial charge in [-0.25, -0.2) is 0 Å². The van der Waals surface area contributed by atoms with E-state index in [0.717, 1.165) is 13.0 Å². The van der Waals surface area contributed by atoms with E-state index in [1.165, 1.54) is 6.42 Å². The molecule has 2 unspecified atom stereocenters. The number of nitrogens with zero attached hydrogens (tertiary/aromatic N) is 2. The Bertz CT molecular complexity index is 559. The van der Waals surface area contributed by atoms with E-state index in [0.29, 0.717) is 23.5 Å². The molecule has 0 aliphatic carbocycles. The van der Waals surface area contributed by atoms with Crippen LogP contribution in [0, 0.1) is 17.8 Å². The number of piperidine rings is 1. The molecule has 0 radical (unpaired) electrons. The van der Waals surface area contributed by atoms with Gasteiger partial charge in [0.05, 0.1) is 12.2 Å². The zero-order valence-corrected chi connectivity index (χ0v) is 12.7. The number of hydrogen-bond donors (Lipinski definition) is 1. The summed E-state index contributed by atoms with van der Waals surface area (Å²) in [5, 5.41) is 8.73. The highest BCUT2D eigenvalue weighted by Gasteiger charge is 2.27. The zero-order valence-electron chi connectivity index (χ0n) is 12.7. The Labute approximate surface area is 126 Å². The number of rotatable bonds is 2. The van der Waals surface area contributed by atoms with Gasteiger partial charge < -0.3 is 10.0 Å². The third kappa shape index (κ3) is 4.05. The molecule has 1 fully saturated rings. The van der Waals surface area contributed by atoms with Crippen molar-refractivity contribution < 1.29 is 9.90 Å². The molecule has 1 aliphatic heterocycles. The molecule has 4 heteroatoms. The summed E-state index contributed by atoms with van der Waals surface area (Å²) < 4.78 is 0. The first kappa shape index (κ1) is 15.5. The summed E-state index contributed by atoms with van der Waals surface area (Å²) >= 11 is 0. The van der Waals surface area contributed by atoms with Crippen LogP contribution in [0.1, 0.15) is 49.0 Å². The minimum atomic E-state index is 0.0346. The van der Waals surface area contributed by atoms with Gasteiger partial charge in [-0.3, -0.25) is 9.78 Å². The summed E-state index contributed by atoms with van der Waals surface area (Å²) in [4.78, 5) is 18.7. The third-order valence-corrected chi connectivity index (χ3v) is 3.83. The van der Waals surface area contributed by atoms with Crippen molar-refractivity contribution in [1.29, 1.82) is 0 Å². The molecule has 4 nitrogen and oxygen atoms in total. The van der Waals surface area contributed by atoms with E-state index in [2.05, 4.69) is 30.7 Å². The van der Waals surface area contributed by atoms with Gasteiger partial charge in [0.25, 0.3) is 5.91 Å². The van der Waals surface area contributed by atoms with E-state index in [9.17, 15) is 4.79 Å². The Hall–Kier alpha value is -1.86. The molecule has 1 aliphatic rings. The van der Waals surface area contributed by atoms with Gasteiger partial charge in [0, 0.05) is 37.0 Å². The lowest BCUT2D eigenvalue weighted by Crippen LogP contribution is -2.44. The van der Waals surface area contributed by atoms with Crippen LogP contribution >= 0.6 is 0 Å². The summed E-state index contributed by atoms with van der Waals surface area (Å²) in [6, 6.07) is 2.06. The summed E-state index contributed by atoms with van der Waals surface area (Å²) in [5.41, 5.74) is 1.30. The molecule has 21 heavy (non-hydrogen) atoms. The monoisotopic (exact) mass is 286 g/mol. The number of carbonyl (C=O) groups excluding carboxylic acids is 1. The van der Waals surface area contributed by atoms with Crippen molar-refractivity contribution in [3.05, 3.63) is 29.6 Å². The molecule has 1 N–H and O–H groups in total. The summed E-state index contributed by atoms with van der Waals surface area (Å²) in [6.07, 6.45) is 5.90. The normalized spacial score (nSPS) is 21.6. The van der Waals surface area contributed by atoms with Crippen molar-refractivity contribution in [2.24, 2.45) is 5.92 Å². The summed E-state index contributed by atoms with van der Waals surface area (Å²) in [6.45, 7) is 5.13. The van der Waals surface area contributed by atoms with Crippen LogP contribution in [0.15, 0.2) is 18.5 Å². The van der Waals surface area contributed by atoms with Crippen LogP contribution in [0.5, 0.6) is 0 Å². The first-order chi connectivity index (χ1) is 10.1. The minimum absolute atomic E-state index is 0.0346. The number of pyridine rings is 1. The Morgan fingerprint density at radius 1 is 1.43 bits per heavy atom. The van der Waals surface area contributed by atoms with Crippen molar-refractivity contribution in [1.82, 2.24) is 9.88 Å². The van der Waals surface area contributed by atoms with Gasteiger partial charge in [-0.2, -0.15) is 0 Å². The van der Waals surface area contributed by atoms with Crippen LogP contribution in [0.25, 0.3) is 0 Å². The second-order valence-corrected chi connectivity index (χ2v) is 5.73. The number of aliphatic hydroxyl groups is 1. The van der Waals surface area contributed by atoms with E-state index in [-0.39, 0.29) is 18.6 Å². The number of aromatic nitrogens is 1. The minimum Gasteiger partial charge on any atom is -0.395 e. The van der Waals surface area contributed by atoms with Crippen LogP contribution in [-0.4, -0.2) is 40.1 Å². The van der Waals surface area contributed by atoms with Crippen LogP contribution in [0.2, 0.25) is 0 Å². The quantitative estimate of drug-likeness (QED) is 0.847. The maximum Gasteiger partial charge on any atom is 0.255 e. The second-order valence-electron chi connectivity index (χ2n) is 5.73. The lowest BCUT2D eigenvalue weighted by Gasteiger charge is -2.36. The number of amides is 1. The molecule has 1 aromatic rings. The molecule has 1 saturated heterocycles. The largest absolute Gasteiger partial charge is 0.395 e. The Morgan fingerprint density at radius 3 is 3.00 bits per heavy atom. The molecule has 2 rings (SSSR count). The number of carbonyl (C=O) groups is 1. The second kappa shape index (κ2) is 7.24. The van der Waals surface area contributed by atoms with Crippen LogP contribution in [0.4, 0.5) is 0 Å². The van der Waals surface area contributed by atoms with Crippen molar-refractivity contribution in [2.45, 2.75) is 39.2 Å². The van der Waals surface area contributed by atoms with Gasteiger partial charge in [-0.1, -0.05) is 18.8 Å². The molecule has 0 aromatic carbocycles. The first-order valence-electron chi connectivity index (χ1n) is 7.47. The van der Waals surface area contributed by atoms with E-state index in [4.69, 9.17) is 5.11 Å². The van der Waals surface area contributed by atoms with Crippen molar-refractivity contribution >= 4 is 5.91 Å². The lowest BCUT2D eigenvalue weighted by atomic mass is 9.94. The lowest BCUT2D eigenvalue weighted by molar-refractivity contribution is 0.0573. The van der Waals surface area contributed by atoms with E-state index < -0.39 is 0 Å². The van der Waals surface area contributed by atoms with Crippen molar-refractivity contribution in [2.75, 3.05) is 13.2 Å². The van der Waals surface area contributed by atoms with Crippen LogP contribution < -0.4 is 0 Å².